The summed E-state index contributed by atoms with van der Waals surface area (Å²) in [4.78, 5) is 30.3. The fourth-order valence-corrected chi connectivity index (χ4v) is 4.66. The summed E-state index contributed by atoms with van der Waals surface area (Å²) in [6.07, 6.45) is 0. The molecule has 152 valence electrons. The molecule has 0 saturated heterocycles. The summed E-state index contributed by atoms with van der Waals surface area (Å²) in [5.41, 5.74) is 3.34. The molecule has 0 aliphatic rings. The fourth-order valence-electron chi connectivity index (χ4n) is 3.10. The molecule has 1 amide bonds. The molecule has 8 heteroatoms. The Morgan fingerprint density at radius 3 is 2.73 bits per heavy atom. The third-order valence-electron chi connectivity index (χ3n) is 4.60. The minimum absolute atomic E-state index is 0.0603. The van der Waals surface area contributed by atoms with E-state index in [2.05, 4.69) is 10.3 Å². The molecule has 0 radical (unpaired) electrons. The maximum atomic E-state index is 13.3. The number of hydrogen-bond donors (Lipinski definition) is 1. The van der Waals surface area contributed by atoms with Gasteiger partial charge in [0.1, 0.15) is 10.5 Å². The number of carbonyl (C=O) groups excluding carboxylic acids is 1. The number of nitrogens with one attached hydrogen (secondary N) is 1. The van der Waals surface area contributed by atoms with E-state index in [1.807, 2.05) is 36.6 Å². The molecule has 0 spiro atoms. The number of amides is 1. The molecule has 2 heterocycles. The fraction of sp³-hybridized carbons (Fsp3) is 0.136. The molecule has 0 unspecified atom stereocenters. The highest BCUT2D eigenvalue weighted by molar-refractivity contribution is 7.99. The number of benzene rings is 2. The number of fused-ring (bicyclic) bond motifs is 1. The minimum atomic E-state index is -0.351. The van der Waals surface area contributed by atoms with E-state index in [9.17, 15) is 14.0 Å². The smallest absolute Gasteiger partial charge is 0.276 e. The standard InChI is InChI=1S/C22H18FN3O2S2/c1-13-5-3-4-6-18(13)26-21(28)20-17(9-10-29-20)25-22(26)30-12-19(27)24-16-8-7-15(23)11-14(16)2/h3-11H,12H2,1-2H3,(H,24,27). The minimum Gasteiger partial charge on any atom is -0.325 e. The molecule has 0 fully saturated rings. The van der Waals surface area contributed by atoms with Gasteiger partial charge in [-0.2, -0.15) is 0 Å². The van der Waals surface area contributed by atoms with Crippen molar-refractivity contribution in [1.82, 2.24) is 9.55 Å². The van der Waals surface area contributed by atoms with Crippen LogP contribution in [0.5, 0.6) is 0 Å². The van der Waals surface area contributed by atoms with Crippen LogP contribution in [0.1, 0.15) is 11.1 Å². The number of thiophene rings is 1. The first-order chi connectivity index (χ1) is 14.4. The van der Waals surface area contributed by atoms with Crippen molar-refractivity contribution >= 4 is 44.9 Å². The number of carbonyl (C=O) groups is 1. The molecule has 2 aromatic carbocycles. The number of nitrogens with zero attached hydrogens (tertiary/aromatic N) is 2. The van der Waals surface area contributed by atoms with Gasteiger partial charge < -0.3 is 5.32 Å². The number of anilines is 1. The van der Waals surface area contributed by atoms with Crippen LogP contribution in [0.3, 0.4) is 0 Å². The second kappa shape index (κ2) is 8.41. The molecule has 4 aromatic rings. The Morgan fingerprint density at radius 1 is 1.17 bits per heavy atom. The van der Waals surface area contributed by atoms with Crippen molar-refractivity contribution in [2.45, 2.75) is 19.0 Å². The van der Waals surface area contributed by atoms with Crippen LogP contribution in [0, 0.1) is 19.7 Å². The summed E-state index contributed by atoms with van der Waals surface area (Å²) in [6.45, 7) is 3.66. The van der Waals surface area contributed by atoms with Crippen molar-refractivity contribution < 1.29 is 9.18 Å². The van der Waals surface area contributed by atoms with E-state index in [1.54, 1.807) is 17.6 Å². The van der Waals surface area contributed by atoms with Crippen LogP contribution < -0.4 is 10.9 Å². The number of rotatable bonds is 5. The van der Waals surface area contributed by atoms with E-state index in [0.717, 1.165) is 11.3 Å². The summed E-state index contributed by atoms with van der Waals surface area (Å²) >= 11 is 2.54. The number of aromatic nitrogens is 2. The van der Waals surface area contributed by atoms with Crippen molar-refractivity contribution in [3.05, 3.63) is 81.2 Å². The van der Waals surface area contributed by atoms with E-state index < -0.39 is 0 Å². The van der Waals surface area contributed by atoms with Gasteiger partial charge in [-0.05, 0) is 60.7 Å². The zero-order valence-electron chi connectivity index (χ0n) is 16.3. The number of thioether (sulfide) groups is 1. The third kappa shape index (κ3) is 4.01. The van der Waals surface area contributed by atoms with Crippen molar-refractivity contribution in [1.29, 1.82) is 0 Å². The van der Waals surface area contributed by atoms with Crippen molar-refractivity contribution in [2.75, 3.05) is 11.1 Å². The van der Waals surface area contributed by atoms with Gasteiger partial charge in [0.05, 0.1) is 17.0 Å². The zero-order chi connectivity index (χ0) is 21.3. The van der Waals surface area contributed by atoms with Gasteiger partial charge in [-0.25, -0.2) is 9.37 Å². The normalized spacial score (nSPS) is 11.0. The van der Waals surface area contributed by atoms with E-state index in [-0.39, 0.29) is 23.0 Å². The highest BCUT2D eigenvalue weighted by Crippen LogP contribution is 2.25. The summed E-state index contributed by atoms with van der Waals surface area (Å²) in [6, 6.07) is 13.6. The molecule has 4 rings (SSSR count). The highest BCUT2D eigenvalue weighted by atomic mass is 32.2. The van der Waals surface area contributed by atoms with Crippen LogP contribution >= 0.6 is 23.1 Å². The molecule has 0 aliphatic heterocycles. The van der Waals surface area contributed by atoms with Crippen LogP contribution in [0.15, 0.2) is 63.9 Å². The molecule has 1 N–H and O–H groups in total. The Labute approximate surface area is 180 Å². The van der Waals surface area contributed by atoms with E-state index >= 15 is 0 Å². The third-order valence-corrected chi connectivity index (χ3v) is 6.43. The Kier molecular flexibility index (Phi) is 5.69. The lowest BCUT2D eigenvalue weighted by molar-refractivity contribution is -0.113. The second-order valence-corrected chi connectivity index (χ2v) is 8.61. The van der Waals surface area contributed by atoms with E-state index in [1.165, 1.54) is 41.3 Å². The average Bonchev–Trinajstić information content (AvgIpc) is 3.18. The van der Waals surface area contributed by atoms with Gasteiger partial charge >= 0.3 is 0 Å². The largest absolute Gasteiger partial charge is 0.325 e. The summed E-state index contributed by atoms with van der Waals surface area (Å²) < 4.78 is 15.4. The van der Waals surface area contributed by atoms with Crippen LogP contribution in [0.4, 0.5) is 10.1 Å². The SMILES string of the molecule is Cc1cc(F)ccc1NC(=O)CSc1nc2ccsc2c(=O)n1-c1ccccc1C. The molecular formula is C22H18FN3O2S2. The van der Waals surface area contributed by atoms with Gasteiger partial charge in [-0.3, -0.25) is 14.2 Å². The molecule has 0 bridgehead atoms. The van der Waals surface area contributed by atoms with Gasteiger partial charge in [0.25, 0.3) is 5.56 Å². The molecule has 0 aliphatic carbocycles. The van der Waals surface area contributed by atoms with Crippen molar-refractivity contribution in [3.63, 3.8) is 0 Å². The average molecular weight is 440 g/mol. The number of hydrogen-bond acceptors (Lipinski definition) is 5. The molecule has 5 nitrogen and oxygen atoms in total. The van der Waals surface area contributed by atoms with Crippen molar-refractivity contribution in [3.8, 4) is 5.69 Å². The lowest BCUT2D eigenvalue weighted by atomic mass is 10.2. The summed E-state index contributed by atoms with van der Waals surface area (Å²) in [5.74, 6) is -0.550. The lowest BCUT2D eigenvalue weighted by Gasteiger charge is -2.14. The molecule has 0 atom stereocenters. The Bertz CT molecular complexity index is 1310. The van der Waals surface area contributed by atoms with Crippen LogP contribution in [-0.2, 0) is 4.79 Å². The van der Waals surface area contributed by atoms with Gasteiger partial charge in [0.15, 0.2) is 5.16 Å². The monoisotopic (exact) mass is 439 g/mol. The van der Waals surface area contributed by atoms with Gasteiger partial charge in [0, 0.05) is 5.69 Å². The number of para-hydroxylation sites is 1. The van der Waals surface area contributed by atoms with E-state index in [4.69, 9.17) is 0 Å². The predicted octanol–water partition coefficient (Wildman–Crippen LogP) is 4.93. The van der Waals surface area contributed by atoms with Gasteiger partial charge in [-0.15, -0.1) is 11.3 Å². The Hall–Kier alpha value is -2.97. The van der Waals surface area contributed by atoms with Crippen molar-refractivity contribution in [2.24, 2.45) is 0 Å². The zero-order valence-corrected chi connectivity index (χ0v) is 17.9. The van der Waals surface area contributed by atoms with E-state index in [0.29, 0.717) is 26.6 Å². The molecule has 0 saturated carbocycles. The van der Waals surface area contributed by atoms with Gasteiger partial charge in [-0.1, -0.05) is 30.0 Å². The maximum Gasteiger partial charge on any atom is 0.276 e. The first-order valence-corrected chi connectivity index (χ1v) is 11.1. The first kappa shape index (κ1) is 20.3. The predicted molar refractivity (Wildman–Crippen MR) is 120 cm³/mol. The van der Waals surface area contributed by atoms with Gasteiger partial charge in [0.2, 0.25) is 5.91 Å². The lowest BCUT2D eigenvalue weighted by Crippen LogP contribution is -2.23. The molecular weight excluding hydrogens is 421 g/mol. The first-order valence-electron chi connectivity index (χ1n) is 9.19. The maximum absolute atomic E-state index is 13.3. The van der Waals surface area contributed by atoms with Crippen LogP contribution in [-0.4, -0.2) is 21.2 Å². The Morgan fingerprint density at radius 2 is 1.97 bits per heavy atom. The highest BCUT2D eigenvalue weighted by Gasteiger charge is 2.17. The van der Waals surface area contributed by atoms with Crippen LogP contribution in [0.2, 0.25) is 0 Å². The molecule has 30 heavy (non-hydrogen) atoms. The Balaban J connectivity index is 1.65. The second-order valence-electron chi connectivity index (χ2n) is 6.75. The quantitative estimate of drug-likeness (QED) is 0.354. The van der Waals surface area contributed by atoms with Crippen LogP contribution in [0.25, 0.3) is 15.9 Å². The number of halogens is 1. The summed E-state index contributed by atoms with van der Waals surface area (Å²) in [5, 5.41) is 5.07. The summed E-state index contributed by atoms with van der Waals surface area (Å²) in [7, 11) is 0. The molecule has 2 aromatic heterocycles. The number of aryl methyl sites for hydroxylation is 2. The topological polar surface area (TPSA) is 64.0 Å².